The first-order valence-electron chi connectivity index (χ1n) is 9.14. The molecule has 0 aromatic heterocycles. The Balaban J connectivity index is 1.63. The van der Waals surface area contributed by atoms with E-state index < -0.39 is 0 Å². The Labute approximate surface area is 160 Å². The molecule has 3 aromatic carbocycles. The summed E-state index contributed by atoms with van der Waals surface area (Å²) in [5.41, 5.74) is 5.50. The maximum absolute atomic E-state index is 5.86. The monoisotopic (exact) mass is 354 g/mol. The van der Waals surface area contributed by atoms with Crippen LogP contribution in [-0.2, 0) is 4.74 Å². The molecule has 1 heterocycles. The van der Waals surface area contributed by atoms with E-state index in [1.165, 1.54) is 11.1 Å². The molecular weight excluding hydrogens is 332 g/mol. The van der Waals surface area contributed by atoms with Gasteiger partial charge in [-0.25, -0.2) is 4.99 Å². The molecule has 1 atom stereocenters. The lowest BCUT2D eigenvalue weighted by atomic mass is 10.1. The predicted octanol–water partition coefficient (Wildman–Crippen LogP) is 5.62. The molecule has 0 aliphatic carbocycles. The smallest absolute Gasteiger partial charge is 0.211 e. The van der Waals surface area contributed by atoms with Gasteiger partial charge in [-0.1, -0.05) is 78.4 Å². The Morgan fingerprint density at radius 1 is 0.926 bits per heavy atom. The average Bonchev–Trinajstić information content (AvgIpc) is 3.19. The quantitative estimate of drug-likeness (QED) is 0.645. The standard InChI is InChI=1S/C24H22N2O/c1-18-12-14-21(15-13-18)25-22(19-8-4-2-5-9-19)16-24-26-23(17-27-24)20-10-6-3-7-11-20/h2-16,23,25H,17H2,1H3/b22-16-/t23-/m1/s1. The van der Waals surface area contributed by atoms with E-state index in [1.807, 2.05) is 42.5 Å². The Hall–Kier alpha value is -3.33. The van der Waals surface area contributed by atoms with Crippen LogP contribution in [0.3, 0.4) is 0 Å². The summed E-state index contributed by atoms with van der Waals surface area (Å²) in [5.74, 6) is 0.655. The minimum Gasteiger partial charge on any atom is -0.475 e. The maximum Gasteiger partial charge on any atom is 0.211 e. The molecule has 27 heavy (non-hydrogen) atoms. The van der Waals surface area contributed by atoms with E-state index in [0.717, 1.165) is 16.9 Å². The van der Waals surface area contributed by atoms with E-state index in [9.17, 15) is 0 Å². The van der Waals surface area contributed by atoms with Crippen LogP contribution in [0.1, 0.15) is 22.7 Å². The van der Waals surface area contributed by atoms with Crippen LogP contribution >= 0.6 is 0 Å². The van der Waals surface area contributed by atoms with Crippen molar-refractivity contribution in [1.29, 1.82) is 0 Å². The van der Waals surface area contributed by atoms with Gasteiger partial charge < -0.3 is 10.1 Å². The van der Waals surface area contributed by atoms with Crippen molar-refractivity contribution in [2.24, 2.45) is 4.99 Å². The third-order valence-corrected chi connectivity index (χ3v) is 4.54. The summed E-state index contributed by atoms with van der Waals surface area (Å²) >= 11 is 0. The Morgan fingerprint density at radius 2 is 1.59 bits per heavy atom. The summed E-state index contributed by atoms with van der Waals surface area (Å²) in [6.07, 6.45) is 1.98. The normalized spacial score (nSPS) is 16.6. The highest BCUT2D eigenvalue weighted by atomic mass is 16.5. The third kappa shape index (κ3) is 4.26. The fourth-order valence-corrected chi connectivity index (χ4v) is 3.04. The highest BCUT2D eigenvalue weighted by Gasteiger charge is 2.19. The van der Waals surface area contributed by atoms with E-state index in [2.05, 4.69) is 60.8 Å². The van der Waals surface area contributed by atoms with Crippen LogP contribution in [-0.4, -0.2) is 12.5 Å². The minimum atomic E-state index is 0.0499. The number of aryl methyl sites for hydroxylation is 1. The van der Waals surface area contributed by atoms with Crippen molar-refractivity contribution in [1.82, 2.24) is 0 Å². The average molecular weight is 354 g/mol. The second kappa shape index (κ2) is 7.92. The molecule has 3 aromatic rings. The van der Waals surface area contributed by atoms with Gasteiger partial charge in [-0.3, -0.25) is 0 Å². The molecule has 0 amide bonds. The molecule has 0 unspecified atom stereocenters. The molecule has 0 saturated carbocycles. The first-order chi connectivity index (χ1) is 13.3. The number of hydrogen-bond acceptors (Lipinski definition) is 3. The number of aliphatic imine (C=N–C) groups is 1. The van der Waals surface area contributed by atoms with Crippen LogP contribution < -0.4 is 5.32 Å². The van der Waals surface area contributed by atoms with Crippen molar-refractivity contribution in [3.63, 3.8) is 0 Å². The largest absolute Gasteiger partial charge is 0.475 e. The van der Waals surface area contributed by atoms with Crippen molar-refractivity contribution < 1.29 is 4.74 Å². The van der Waals surface area contributed by atoms with Crippen LogP contribution in [0.5, 0.6) is 0 Å². The summed E-state index contributed by atoms with van der Waals surface area (Å²) in [7, 11) is 0. The molecule has 0 spiro atoms. The van der Waals surface area contributed by atoms with Gasteiger partial charge in [-0.2, -0.15) is 0 Å². The van der Waals surface area contributed by atoms with Crippen LogP contribution in [0.2, 0.25) is 0 Å². The number of nitrogens with one attached hydrogen (secondary N) is 1. The lowest BCUT2D eigenvalue weighted by Crippen LogP contribution is -2.03. The van der Waals surface area contributed by atoms with Gasteiger partial charge >= 0.3 is 0 Å². The molecule has 3 nitrogen and oxygen atoms in total. The second-order valence-corrected chi connectivity index (χ2v) is 6.62. The van der Waals surface area contributed by atoms with Gasteiger partial charge in [0, 0.05) is 11.8 Å². The minimum absolute atomic E-state index is 0.0499. The molecule has 0 bridgehead atoms. The first kappa shape index (κ1) is 17.1. The number of benzene rings is 3. The number of hydrogen-bond donors (Lipinski definition) is 1. The van der Waals surface area contributed by atoms with Gasteiger partial charge in [0.1, 0.15) is 12.6 Å². The fraction of sp³-hybridized carbons (Fsp3) is 0.125. The Morgan fingerprint density at radius 3 is 2.30 bits per heavy atom. The zero-order valence-corrected chi connectivity index (χ0v) is 15.3. The van der Waals surface area contributed by atoms with Crippen molar-refractivity contribution in [2.75, 3.05) is 11.9 Å². The van der Waals surface area contributed by atoms with Crippen molar-refractivity contribution in [3.05, 3.63) is 108 Å². The van der Waals surface area contributed by atoms with E-state index in [0.29, 0.717) is 12.5 Å². The molecule has 1 N–H and O–H groups in total. The number of nitrogens with zero attached hydrogens (tertiary/aromatic N) is 1. The topological polar surface area (TPSA) is 33.6 Å². The van der Waals surface area contributed by atoms with Gasteiger partial charge in [-0.05, 0) is 30.2 Å². The molecule has 0 fully saturated rings. The molecule has 1 aliphatic rings. The van der Waals surface area contributed by atoms with Crippen molar-refractivity contribution in [3.8, 4) is 0 Å². The number of rotatable bonds is 5. The predicted molar refractivity (Wildman–Crippen MR) is 112 cm³/mol. The van der Waals surface area contributed by atoms with E-state index in [-0.39, 0.29) is 6.04 Å². The second-order valence-electron chi connectivity index (χ2n) is 6.62. The zero-order chi connectivity index (χ0) is 18.5. The fourth-order valence-electron chi connectivity index (χ4n) is 3.04. The van der Waals surface area contributed by atoms with Gasteiger partial charge in [0.05, 0.1) is 5.70 Å². The molecule has 1 aliphatic heterocycles. The van der Waals surface area contributed by atoms with E-state index >= 15 is 0 Å². The van der Waals surface area contributed by atoms with E-state index in [1.54, 1.807) is 0 Å². The summed E-state index contributed by atoms with van der Waals surface area (Å²) in [6.45, 7) is 2.66. The maximum atomic E-state index is 5.86. The SMILES string of the molecule is Cc1ccc(N/C(=C\C2=N[C@@H](c3ccccc3)CO2)c2ccccc2)cc1. The lowest BCUT2D eigenvalue weighted by molar-refractivity contribution is 0.321. The van der Waals surface area contributed by atoms with Gasteiger partial charge in [-0.15, -0.1) is 0 Å². The van der Waals surface area contributed by atoms with Crippen LogP contribution in [0.15, 0.2) is 96.0 Å². The highest BCUT2D eigenvalue weighted by molar-refractivity contribution is 5.98. The molecule has 0 radical (unpaired) electrons. The van der Waals surface area contributed by atoms with E-state index in [4.69, 9.17) is 9.73 Å². The summed E-state index contributed by atoms with van der Waals surface area (Å²) in [6, 6.07) is 28.9. The van der Waals surface area contributed by atoms with Gasteiger partial charge in [0.2, 0.25) is 5.90 Å². The molecule has 0 saturated heterocycles. The van der Waals surface area contributed by atoms with Gasteiger partial charge in [0.25, 0.3) is 0 Å². The summed E-state index contributed by atoms with van der Waals surface area (Å²) in [4.78, 5) is 4.76. The molecule has 4 rings (SSSR count). The molecule has 3 heteroatoms. The zero-order valence-electron chi connectivity index (χ0n) is 15.3. The van der Waals surface area contributed by atoms with Crippen LogP contribution in [0.4, 0.5) is 5.69 Å². The first-order valence-corrected chi connectivity index (χ1v) is 9.14. The Kier molecular flexibility index (Phi) is 5.01. The van der Waals surface area contributed by atoms with Crippen LogP contribution in [0, 0.1) is 6.92 Å². The molecule has 134 valence electrons. The number of anilines is 1. The lowest BCUT2D eigenvalue weighted by Gasteiger charge is -2.12. The molecular formula is C24H22N2O. The summed E-state index contributed by atoms with van der Waals surface area (Å²) < 4.78 is 5.86. The van der Waals surface area contributed by atoms with Crippen molar-refractivity contribution in [2.45, 2.75) is 13.0 Å². The third-order valence-electron chi connectivity index (χ3n) is 4.54. The van der Waals surface area contributed by atoms with Gasteiger partial charge in [0.15, 0.2) is 0 Å². The highest BCUT2D eigenvalue weighted by Crippen LogP contribution is 2.25. The Bertz CT molecular complexity index is 945. The number of ether oxygens (including phenoxy) is 1. The summed E-state index contributed by atoms with van der Waals surface area (Å²) in [5, 5.41) is 3.50. The van der Waals surface area contributed by atoms with Crippen LogP contribution in [0.25, 0.3) is 5.70 Å². The van der Waals surface area contributed by atoms with Crippen molar-refractivity contribution >= 4 is 17.3 Å².